The second kappa shape index (κ2) is 9.93. The molecule has 3 atom stereocenters. The van der Waals surface area contributed by atoms with Gasteiger partial charge < -0.3 is 16.0 Å². The zero-order chi connectivity index (χ0) is 18.2. The Balaban J connectivity index is 2.10. The van der Waals surface area contributed by atoms with Crippen LogP contribution in [0.4, 0.5) is 0 Å². The van der Waals surface area contributed by atoms with Crippen LogP contribution in [0.3, 0.4) is 0 Å². The Hall–Kier alpha value is -1.39. The fourth-order valence-corrected chi connectivity index (χ4v) is 3.62. The van der Waals surface area contributed by atoms with E-state index in [-0.39, 0.29) is 18.0 Å². The van der Waals surface area contributed by atoms with Crippen molar-refractivity contribution in [3.8, 4) is 0 Å². The first-order valence-corrected chi connectivity index (χ1v) is 9.85. The average Bonchev–Trinajstić information content (AvgIpc) is 2.77. The quantitative estimate of drug-likeness (QED) is 0.761. The van der Waals surface area contributed by atoms with Crippen molar-refractivity contribution in [1.82, 2.24) is 10.2 Å². The average molecular weight is 346 g/mol. The third-order valence-electron chi connectivity index (χ3n) is 5.32. The van der Waals surface area contributed by atoms with E-state index in [1.807, 2.05) is 6.07 Å². The summed E-state index contributed by atoms with van der Waals surface area (Å²) < 4.78 is 0. The van der Waals surface area contributed by atoms with Crippen molar-refractivity contribution in [3.05, 3.63) is 35.9 Å². The molecule has 1 aromatic rings. The molecule has 1 saturated heterocycles. The molecule has 1 unspecified atom stereocenters. The van der Waals surface area contributed by atoms with Crippen LogP contribution in [0.5, 0.6) is 0 Å². The highest BCUT2D eigenvalue weighted by atomic mass is 16.2. The highest BCUT2D eigenvalue weighted by Gasteiger charge is 2.31. The number of nitrogens with zero attached hydrogens (tertiary/aromatic N) is 1. The molecule has 25 heavy (non-hydrogen) atoms. The maximum atomic E-state index is 13.1. The molecule has 3 N–H and O–H groups in total. The first-order chi connectivity index (χ1) is 12.0. The van der Waals surface area contributed by atoms with Gasteiger partial charge in [0.15, 0.2) is 0 Å². The zero-order valence-electron chi connectivity index (χ0n) is 16.1. The molecule has 2 rings (SSSR count). The maximum absolute atomic E-state index is 13.1. The van der Waals surface area contributed by atoms with Crippen LogP contribution in [0.15, 0.2) is 30.3 Å². The molecule has 1 fully saturated rings. The van der Waals surface area contributed by atoms with Crippen molar-refractivity contribution in [3.63, 3.8) is 0 Å². The van der Waals surface area contributed by atoms with Crippen LogP contribution in [0.1, 0.15) is 57.9 Å². The van der Waals surface area contributed by atoms with Crippen LogP contribution >= 0.6 is 0 Å². The number of carbonyl (C=O) groups is 1. The van der Waals surface area contributed by atoms with E-state index in [0.29, 0.717) is 18.4 Å². The van der Waals surface area contributed by atoms with Gasteiger partial charge in [-0.2, -0.15) is 0 Å². The van der Waals surface area contributed by atoms with E-state index < -0.39 is 0 Å². The summed E-state index contributed by atoms with van der Waals surface area (Å²) in [5.41, 5.74) is 7.23. The van der Waals surface area contributed by atoms with Gasteiger partial charge in [-0.1, -0.05) is 51.1 Å². The SMILES string of the molecule is CC[C@H](CN1CCC(CN)N[C@@H](CCC(C)C)C1=O)c1ccccc1. The van der Waals surface area contributed by atoms with E-state index in [9.17, 15) is 4.79 Å². The van der Waals surface area contributed by atoms with Gasteiger partial charge in [0.25, 0.3) is 0 Å². The predicted octanol–water partition coefficient (Wildman–Crippen LogP) is 3.13. The highest BCUT2D eigenvalue weighted by molar-refractivity contribution is 5.82. The Morgan fingerprint density at radius 2 is 2.00 bits per heavy atom. The molecule has 0 aromatic heterocycles. The number of amides is 1. The van der Waals surface area contributed by atoms with Crippen molar-refractivity contribution >= 4 is 5.91 Å². The summed E-state index contributed by atoms with van der Waals surface area (Å²) in [4.78, 5) is 15.2. The van der Waals surface area contributed by atoms with Gasteiger partial charge >= 0.3 is 0 Å². The molecule has 1 aliphatic heterocycles. The van der Waals surface area contributed by atoms with Crippen molar-refractivity contribution < 1.29 is 4.79 Å². The normalized spacial score (nSPS) is 22.9. The van der Waals surface area contributed by atoms with Gasteiger partial charge in [-0.25, -0.2) is 0 Å². The summed E-state index contributed by atoms with van der Waals surface area (Å²) in [5, 5.41) is 3.52. The van der Waals surface area contributed by atoms with Gasteiger partial charge in [-0.05, 0) is 37.2 Å². The lowest BCUT2D eigenvalue weighted by atomic mass is 9.95. The van der Waals surface area contributed by atoms with E-state index in [0.717, 1.165) is 38.8 Å². The Morgan fingerprint density at radius 3 is 2.60 bits per heavy atom. The van der Waals surface area contributed by atoms with E-state index in [4.69, 9.17) is 5.73 Å². The number of nitrogens with one attached hydrogen (secondary N) is 1. The molecule has 1 amide bonds. The zero-order valence-corrected chi connectivity index (χ0v) is 16.1. The number of hydrogen-bond acceptors (Lipinski definition) is 3. The third-order valence-corrected chi connectivity index (χ3v) is 5.32. The van der Waals surface area contributed by atoms with Gasteiger partial charge in [0.2, 0.25) is 5.91 Å². The molecule has 1 heterocycles. The summed E-state index contributed by atoms with van der Waals surface area (Å²) in [6.45, 7) is 8.82. The molecular formula is C21H35N3O. The minimum atomic E-state index is -0.0910. The van der Waals surface area contributed by atoms with Gasteiger partial charge in [-0.15, -0.1) is 0 Å². The monoisotopic (exact) mass is 345 g/mol. The number of benzene rings is 1. The Morgan fingerprint density at radius 1 is 1.28 bits per heavy atom. The van der Waals surface area contributed by atoms with Crippen molar-refractivity contribution in [2.24, 2.45) is 11.7 Å². The number of nitrogens with two attached hydrogens (primary N) is 1. The molecule has 0 spiro atoms. The Kier molecular flexibility index (Phi) is 7.91. The molecule has 0 radical (unpaired) electrons. The topological polar surface area (TPSA) is 58.4 Å². The molecule has 0 bridgehead atoms. The van der Waals surface area contributed by atoms with Gasteiger partial charge in [0.05, 0.1) is 6.04 Å². The summed E-state index contributed by atoms with van der Waals surface area (Å²) in [6, 6.07) is 10.7. The van der Waals surface area contributed by atoms with Crippen LogP contribution in [0.25, 0.3) is 0 Å². The summed E-state index contributed by atoms with van der Waals surface area (Å²) in [6.07, 6.45) is 3.93. The number of hydrogen-bond donors (Lipinski definition) is 2. The maximum Gasteiger partial charge on any atom is 0.239 e. The number of carbonyl (C=O) groups excluding carboxylic acids is 1. The van der Waals surface area contributed by atoms with Crippen LogP contribution in [-0.4, -0.2) is 42.5 Å². The number of rotatable bonds is 8. The van der Waals surface area contributed by atoms with Crippen molar-refractivity contribution in [1.29, 1.82) is 0 Å². The fourth-order valence-electron chi connectivity index (χ4n) is 3.62. The molecule has 140 valence electrons. The van der Waals surface area contributed by atoms with E-state index in [1.165, 1.54) is 5.56 Å². The summed E-state index contributed by atoms with van der Waals surface area (Å²) in [5.74, 6) is 1.26. The second-order valence-corrected chi connectivity index (χ2v) is 7.71. The first kappa shape index (κ1) is 19.9. The van der Waals surface area contributed by atoms with E-state index in [2.05, 4.69) is 55.3 Å². The standard InChI is InChI=1S/C21H35N3O/c1-4-17(18-8-6-5-7-9-18)15-24-13-12-19(14-22)23-20(21(24)25)11-10-16(2)3/h5-9,16-17,19-20,23H,4,10-15,22H2,1-3H3/t17-,19?,20+/m1/s1. The third kappa shape index (κ3) is 5.82. The molecule has 4 nitrogen and oxygen atoms in total. The lowest BCUT2D eigenvalue weighted by molar-refractivity contribution is -0.133. The van der Waals surface area contributed by atoms with E-state index in [1.54, 1.807) is 0 Å². The lowest BCUT2D eigenvalue weighted by Gasteiger charge is -2.29. The summed E-state index contributed by atoms with van der Waals surface area (Å²) in [7, 11) is 0. The van der Waals surface area contributed by atoms with Crippen molar-refractivity contribution in [2.45, 2.75) is 64.5 Å². The largest absolute Gasteiger partial charge is 0.341 e. The molecule has 4 heteroatoms. The van der Waals surface area contributed by atoms with Gasteiger partial charge in [-0.3, -0.25) is 4.79 Å². The minimum absolute atomic E-state index is 0.0910. The molecular weight excluding hydrogens is 310 g/mol. The van der Waals surface area contributed by atoms with Crippen LogP contribution in [-0.2, 0) is 4.79 Å². The van der Waals surface area contributed by atoms with Crippen molar-refractivity contribution in [2.75, 3.05) is 19.6 Å². The molecule has 0 aliphatic carbocycles. The summed E-state index contributed by atoms with van der Waals surface area (Å²) >= 11 is 0. The van der Waals surface area contributed by atoms with E-state index >= 15 is 0 Å². The molecule has 1 aromatic carbocycles. The smallest absolute Gasteiger partial charge is 0.239 e. The van der Waals surface area contributed by atoms with Gasteiger partial charge in [0.1, 0.15) is 0 Å². The fraction of sp³-hybridized carbons (Fsp3) is 0.667. The minimum Gasteiger partial charge on any atom is -0.341 e. The highest BCUT2D eigenvalue weighted by Crippen LogP contribution is 2.23. The molecule has 1 aliphatic rings. The first-order valence-electron chi connectivity index (χ1n) is 9.85. The predicted molar refractivity (Wildman–Crippen MR) is 105 cm³/mol. The van der Waals surface area contributed by atoms with Crippen LogP contribution in [0.2, 0.25) is 0 Å². The van der Waals surface area contributed by atoms with Crippen LogP contribution < -0.4 is 11.1 Å². The second-order valence-electron chi connectivity index (χ2n) is 7.71. The van der Waals surface area contributed by atoms with Crippen LogP contribution in [0, 0.1) is 5.92 Å². The Labute approximate surface area is 153 Å². The lowest BCUT2D eigenvalue weighted by Crippen LogP contribution is -2.48. The van der Waals surface area contributed by atoms with Gasteiger partial charge in [0, 0.05) is 31.6 Å². The molecule has 0 saturated carbocycles. The Bertz CT molecular complexity index is 517.